The Balaban J connectivity index is 2.33. The Morgan fingerprint density at radius 3 is 2.71 bits per heavy atom. The third-order valence-electron chi connectivity index (χ3n) is 3.59. The molecule has 1 aromatic heterocycles. The lowest BCUT2D eigenvalue weighted by Crippen LogP contribution is -2.02. The van der Waals surface area contributed by atoms with E-state index in [0.717, 1.165) is 17.6 Å². The first-order valence-electron chi connectivity index (χ1n) is 7.02. The first-order valence-corrected chi connectivity index (χ1v) is 7.45. The lowest BCUT2D eigenvalue weighted by molar-refractivity contribution is 0.637. The molecule has 21 heavy (non-hydrogen) atoms. The molecule has 0 aliphatic heterocycles. The first kappa shape index (κ1) is 14.1. The minimum atomic E-state index is -0.323. The van der Waals surface area contributed by atoms with E-state index in [1.807, 2.05) is 29.7 Å². The first-order chi connectivity index (χ1) is 10.1. The Morgan fingerprint density at radius 2 is 2.00 bits per heavy atom. The Morgan fingerprint density at radius 1 is 1.24 bits per heavy atom. The third-order valence-corrected chi connectivity index (χ3v) is 3.79. The summed E-state index contributed by atoms with van der Waals surface area (Å²) in [6.07, 6.45) is 0.945. The van der Waals surface area contributed by atoms with Gasteiger partial charge in [0.15, 0.2) is 5.82 Å². The smallest absolute Gasteiger partial charge is 0.151 e. The second-order valence-electron chi connectivity index (χ2n) is 5.05. The molecule has 0 fully saturated rings. The Labute approximate surface area is 128 Å². The molecule has 0 N–H and O–H groups in total. The Kier molecular flexibility index (Phi) is 3.68. The van der Waals surface area contributed by atoms with Crippen molar-refractivity contribution < 1.29 is 4.39 Å². The van der Waals surface area contributed by atoms with Crippen LogP contribution >= 0.6 is 11.6 Å². The van der Waals surface area contributed by atoms with Crippen molar-refractivity contribution in [1.29, 1.82) is 0 Å². The van der Waals surface area contributed by atoms with Crippen molar-refractivity contribution >= 4 is 22.6 Å². The number of halogens is 2. The van der Waals surface area contributed by atoms with Crippen LogP contribution in [0.25, 0.3) is 16.7 Å². The molecule has 1 atom stereocenters. The molecule has 0 bridgehead atoms. The van der Waals surface area contributed by atoms with Crippen molar-refractivity contribution in [2.24, 2.45) is 0 Å². The van der Waals surface area contributed by atoms with Gasteiger partial charge in [0.25, 0.3) is 0 Å². The number of aromatic nitrogens is 2. The van der Waals surface area contributed by atoms with Gasteiger partial charge >= 0.3 is 0 Å². The molecule has 2 aromatic carbocycles. The molecule has 0 radical (unpaired) electrons. The molecule has 0 aliphatic rings. The standard InChI is InChI=1S/C17H16ClFN2/c1-3-12-6-4-7-13(10-12)21-15-9-5-8-14(19)16(15)20-17(21)11(2)18/h4-11H,3H2,1-2H3. The van der Waals surface area contributed by atoms with E-state index in [1.54, 1.807) is 6.07 Å². The van der Waals surface area contributed by atoms with E-state index in [-0.39, 0.29) is 11.2 Å². The summed E-state index contributed by atoms with van der Waals surface area (Å²) in [5, 5.41) is -0.304. The van der Waals surface area contributed by atoms with Gasteiger partial charge in [-0.15, -0.1) is 11.6 Å². The van der Waals surface area contributed by atoms with Crippen LogP contribution in [0.4, 0.5) is 4.39 Å². The van der Waals surface area contributed by atoms with Crippen molar-refractivity contribution in [2.75, 3.05) is 0 Å². The van der Waals surface area contributed by atoms with Crippen LogP contribution in [0.3, 0.4) is 0 Å². The van der Waals surface area contributed by atoms with Gasteiger partial charge in [0.05, 0.1) is 10.9 Å². The number of aryl methyl sites for hydroxylation is 1. The molecule has 108 valence electrons. The van der Waals surface area contributed by atoms with Gasteiger partial charge in [-0.05, 0) is 43.2 Å². The zero-order valence-electron chi connectivity index (χ0n) is 12.0. The van der Waals surface area contributed by atoms with Crippen molar-refractivity contribution in [1.82, 2.24) is 9.55 Å². The van der Waals surface area contributed by atoms with Crippen LogP contribution in [0.1, 0.15) is 30.6 Å². The average molecular weight is 303 g/mol. The fourth-order valence-corrected chi connectivity index (χ4v) is 2.68. The Bertz CT molecular complexity index is 793. The van der Waals surface area contributed by atoms with E-state index in [9.17, 15) is 4.39 Å². The monoisotopic (exact) mass is 302 g/mol. The highest BCUT2D eigenvalue weighted by molar-refractivity contribution is 6.20. The lowest BCUT2D eigenvalue weighted by atomic mass is 10.1. The molecule has 1 heterocycles. The second-order valence-corrected chi connectivity index (χ2v) is 5.71. The third kappa shape index (κ3) is 2.42. The molecule has 0 aliphatic carbocycles. The molecule has 1 unspecified atom stereocenters. The predicted molar refractivity (Wildman–Crippen MR) is 84.7 cm³/mol. The average Bonchev–Trinajstić information content (AvgIpc) is 2.88. The van der Waals surface area contributed by atoms with Crippen LogP contribution in [-0.4, -0.2) is 9.55 Å². The number of imidazole rings is 1. The van der Waals surface area contributed by atoms with Gasteiger partial charge in [-0.25, -0.2) is 9.37 Å². The molecule has 4 heteroatoms. The van der Waals surface area contributed by atoms with Crippen LogP contribution in [-0.2, 0) is 6.42 Å². The number of hydrogen-bond acceptors (Lipinski definition) is 1. The Hall–Kier alpha value is -1.87. The van der Waals surface area contributed by atoms with Crippen LogP contribution in [0.5, 0.6) is 0 Å². The summed E-state index contributed by atoms with van der Waals surface area (Å²) in [7, 11) is 0. The maximum absolute atomic E-state index is 14.0. The van der Waals surface area contributed by atoms with Crippen molar-refractivity contribution in [2.45, 2.75) is 25.6 Å². The topological polar surface area (TPSA) is 17.8 Å². The van der Waals surface area contributed by atoms with Crippen LogP contribution < -0.4 is 0 Å². The van der Waals surface area contributed by atoms with Crippen LogP contribution in [0, 0.1) is 5.82 Å². The summed E-state index contributed by atoms with van der Waals surface area (Å²) in [4.78, 5) is 4.40. The molecule has 0 spiro atoms. The highest BCUT2D eigenvalue weighted by Gasteiger charge is 2.18. The number of benzene rings is 2. The number of para-hydroxylation sites is 1. The summed E-state index contributed by atoms with van der Waals surface area (Å²) in [5.41, 5.74) is 3.29. The normalized spacial score (nSPS) is 12.8. The highest BCUT2D eigenvalue weighted by atomic mass is 35.5. The van der Waals surface area contributed by atoms with E-state index in [2.05, 4.69) is 24.0 Å². The van der Waals surface area contributed by atoms with Crippen molar-refractivity contribution in [3.63, 3.8) is 0 Å². The SMILES string of the molecule is CCc1cccc(-n2c(C(C)Cl)nc3c(F)cccc32)c1. The molecule has 3 aromatic rings. The van der Waals surface area contributed by atoms with Gasteiger partial charge in [0.1, 0.15) is 11.3 Å². The molecule has 2 nitrogen and oxygen atoms in total. The lowest BCUT2D eigenvalue weighted by Gasteiger charge is -2.11. The van der Waals surface area contributed by atoms with Gasteiger partial charge in [-0.2, -0.15) is 0 Å². The summed E-state index contributed by atoms with van der Waals surface area (Å²) in [5.74, 6) is 0.335. The maximum Gasteiger partial charge on any atom is 0.151 e. The maximum atomic E-state index is 14.0. The molecule has 0 saturated carbocycles. The second kappa shape index (κ2) is 5.49. The zero-order valence-corrected chi connectivity index (χ0v) is 12.7. The van der Waals surface area contributed by atoms with Gasteiger partial charge in [0, 0.05) is 5.69 Å². The van der Waals surface area contributed by atoms with Gasteiger partial charge in [0.2, 0.25) is 0 Å². The fourth-order valence-electron chi connectivity index (χ4n) is 2.54. The van der Waals surface area contributed by atoms with E-state index in [4.69, 9.17) is 11.6 Å². The number of rotatable bonds is 3. The zero-order chi connectivity index (χ0) is 15.0. The molecular weight excluding hydrogens is 287 g/mol. The minimum absolute atomic E-state index is 0.304. The quantitative estimate of drug-likeness (QED) is 0.621. The minimum Gasteiger partial charge on any atom is -0.295 e. The van der Waals surface area contributed by atoms with Crippen molar-refractivity contribution in [3.8, 4) is 5.69 Å². The van der Waals surface area contributed by atoms with E-state index >= 15 is 0 Å². The number of fused-ring (bicyclic) bond motifs is 1. The molecule has 3 rings (SSSR count). The molecule has 0 saturated heterocycles. The summed E-state index contributed by atoms with van der Waals surface area (Å²) in [6, 6.07) is 13.2. The highest BCUT2D eigenvalue weighted by Crippen LogP contribution is 2.29. The number of alkyl halides is 1. The van der Waals surface area contributed by atoms with E-state index < -0.39 is 0 Å². The van der Waals surface area contributed by atoms with Crippen molar-refractivity contribution in [3.05, 3.63) is 59.7 Å². The van der Waals surface area contributed by atoms with Crippen LogP contribution in [0.15, 0.2) is 42.5 Å². The number of hydrogen-bond donors (Lipinski definition) is 0. The van der Waals surface area contributed by atoms with E-state index in [0.29, 0.717) is 11.3 Å². The molecular formula is C17H16ClFN2. The largest absolute Gasteiger partial charge is 0.295 e. The van der Waals surface area contributed by atoms with E-state index in [1.165, 1.54) is 11.6 Å². The summed E-state index contributed by atoms with van der Waals surface area (Å²) >= 11 is 6.25. The van der Waals surface area contributed by atoms with Gasteiger partial charge < -0.3 is 0 Å². The fraction of sp³-hybridized carbons (Fsp3) is 0.235. The summed E-state index contributed by atoms with van der Waals surface area (Å²) in [6.45, 7) is 3.96. The van der Waals surface area contributed by atoms with Gasteiger partial charge in [-0.3, -0.25) is 4.57 Å². The summed E-state index contributed by atoms with van der Waals surface area (Å²) < 4.78 is 15.9. The van der Waals surface area contributed by atoms with Gasteiger partial charge in [-0.1, -0.05) is 25.1 Å². The van der Waals surface area contributed by atoms with Crippen LogP contribution in [0.2, 0.25) is 0 Å². The molecule has 0 amide bonds. The predicted octanol–water partition coefficient (Wildman–Crippen LogP) is 5.03. The number of nitrogens with zero attached hydrogens (tertiary/aromatic N) is 2.